The van der Waals surface area contributed by atoms with Gasteiger partial charge in [-0.3, -0.25) is 9.59 Å². The molecule has 1 aromatic rings. The third-order valence-electron chi connectivity index (χ3n) is 2.59. The first-order valence-corrected chi connectivity index (χ1v) is 7.06. The van der Waals surface area contributed by atoms with Crippen LogP contribution in [0.25, 0.3) is 0 Å². The third kappa shape index (κ3) is 5.40. The highest BCUT2D eigenvalue weighted by atomic mass is 32.1. The Bertz CT molecular complexity index is 404. The molecule has 0 saturated heterocycles. The molecule has 0 saturated carbocycles. The molecule has 0 aliphatic carbocycles. The van der Waals surface area contributed by atoms with Crippen LogP contribution in [0.5, 0.6) is 0 Å². The summed E-state index contributed by atoms with van der Waals surface area (Å²) < 4.78 is 4.74. The second-order valence-electron chi connectivity index (χ2n) is 4.57. The van der Waals surface area contributed by atoms with Crippen molar-refractivity contribution >= 4 is 23.2 Å². The monoisotopic (exact) mass is 284 g/mol. The first kappa shape index (κ1) is 15.7. The molecule has 1 rings (SSSR count). The van der Waals surface area contributed by atoms with Crippen LogP contribution >= 0.6 is 11.3 Å². The zero-order chi connectivity index (χ0) is 14.3. The van der Waals surface area contributed by atoms with E-state index in [0.717, 1.165) is 5.56 Å². The third-order valence-corrected chi connectivity index (χ3v) is 3.32. The summed E-state index contributed by atoms with van der Waals surface area (Å²) in [6, 6.07) is 1.42. The van der Waals surface area contributed by atoms with Crippen LogP contribution in [0, 0.1) is 5.92 Å². The molecule has 2 amide bonds. The van der Waals surface area contributed by atoms with Gasteiger partial charge < -0.3 is 15.4 Å². The Morgan fingerprint density at radius 2 is 2.16 bits per heavy atom. The molecule has 0 fully saturated rings. The van der Waals surface area contributed by atoms with Gasteiger partial charge >= 0.3 is 0 Å². The second-order valence-corrected chi connectivity index (χ2v) is 5.35. The average Bonchev–Trinajstić information content (AvgIpc) is 2.86. The van der Waals surface area contributed by atoms with Crippen molar-refractivity contribution in [3.8, 4) is 0 Å². The fraction of sp³-hybridized carbons (Fsp3) is 0.538. The summed E-state index contributed by atoms with van der Waals surface area (Å²) in [5.41, 5.74) is 1.06. The summed E-state index contributed by atoms with van der Waals surface area (Å²) >= 11 is 1.59. The number of ether oxygens (including phenoxy) is 1. The van der Waals surface area contributed by atoms with Gasteiger partial charge in [0.25, 0.3) is 0 Å². The lowest BCUT2D eigenvalue weighted by molar-refractivity contribution is -0.132. The number of carbonyl (C=O) groups is 2. The van der Waals surface area contributed by atoms with E-state index in [1.54, 1.807) is 11.3 Å². The van der Waals surface area contributed by atoms with Crippen LogP contribution in [-0.2, 0) is 20.9 Å². The Morgan fingerprint density at radius 3 is 2.68 bits per heavy atom. The molecule has 106 valence electrons. The number of methoxy groups -OCH3 is 1. The lowest BCUT2D eigenvalue weighted by atomic mass is 10.0. The van der Waals surface area contributed by atoms with Crippen molar-refractivity contribution in [2.24, 2.45) is 5.92 Å². The molecule has 0 unspecified atom stereocenters. The minimum atomic E-state index is -0.540. The number of rotatable bonds is 7. The van der Waals surface area contributed by atoms with E-state index in [9.17, 15) is 9.59 Å². The highest BCUT2D eigenvalue weighted by Crippen LogP contribution is 2.06. The van der Waals surface area contributed by atoms with Crippen molar-refractivity contribution in [3.05, 3.63) is 22.4 Å². The number of carbonyl (C=O) groups excluding carboxylic acids is 2. The van der Waals surface area contributed by atoms with Crippen LogP contribution in [0.3, 0.4) is 0 Å². The van der Waals surface area contributed by atoms with Gasteiger partial charge in [0.15, 0.2) is 0 Å². The van der Waals surface area contributed by atoms with Gasteiger partial charge in [-0.1, -0.05) is 13.8 Å². The SMILES string of the molecule is COCC(=O)N[C@H](C(=O)NCc1ccsc1)C(C)C. The summed E-state index contributed by atoms with van der Waals surface area (Å²) in [5.74, 6) is -0.444. The van der Waals surface area contributed by atoms with Gasteiger partial charge in [-0.25, -0.2) is 0 Å². The molecule has 0 bridgehead atoms. The van der Waals surface area contributed by atoms with Crippen molar-refractivity contribution in [1.82, 2.24) is 10.6 Å². The zero-order valence-corrected chi connectivity index (χ0v) is 12.3. The predicted octanol–water partition coefficient (Wildman–Crippen LogP) is 1.15. The second kappa shape index (κ2) is 7.91. The standard InChI is InChI=1S/C13H20N2O3S/c1-9(2)12(15-11(16)7-18-3)13(17)14-6-10-4-5-19-8-10/h4-5,8-9,12H,6-7H2,1-3H3,(H,14,17)(H,15,16)/t12-/m0/s1. The van der Waals surface area contributed by atoms with Gasteiger partial charge in [-0.15, -0.1) is 0 Å². The fourth-order valence-corrected chi connectivity index (χ4v) is 2.24. The Labute approximate surface area is 117 Å². The average molecular weight is 284 g/mol. The minimum absolute atomic E-state index is 0.0169. The molecule has 0 aliphatic heterocycles. The first-order valence-electron chi connectivity index (χ1n) is 6.11. The quantitative estimate of drug-likeness (QED) is 0.789. The van der Waals surface area contributed by atoms with E-state index in [4.69, 9.17) is 4.74 Å². The van der Waals surface area contributed by atoms with Crippen molar-refractivity contribution in [2.75, 3.05) is 13.7 Å². The van der Waals surface area contributed by atoms with E-state index in [2.05, 4.69) is 10.6 Å². The fourth-order valence-electron chi connectivity index (χ4n) is 1.57. The van der Waals surface area contributed by atoms with Crippen LogP contribution in [0.2, 0.25) is 0 Å². The topological polar surface area (TPSA) is 67.4 Å². The zero-order valence-electron chi connectivity index (χ0n) is 11.4. The first-order chi connectivity index (χ1) is 9.04. The Morgan fingerprint density at radius 1 is 1.42 bits per heavy atom. The van der Waals surface area contributed by atoms with E-state index in [-0.39, 0.29) is 24.3 Å². The number of thiophene rings is 1. The molecule has 6 heteroatoms. The summed E-state index contributed by atoms with van der Waals surface area (Å²) in [5, 5.41) is 9.44. The molecule has 0 aromatic carbocycles. The van der Waals surface area contributed by atoms with Crippen molar-refractivity contribution in [3.63, 3.8) is 0 Å². The molecular formula is C13H20N2O3S. The Kier molecular flexibility index (Phi) is 6.52. The molecule has 0 radical (unpaired) electrons. The van der Waals surface area contributed by atoms with E-state index in [0.29, 0.717) is 6.54 Å². The summed E-state index contributed by atoms with van der Waals surface area (Å²) in [6.07, 6.45) is 0. The number of hydrogen-bond acceptors (Lipinski definition) is 4. The maximum absolute atomic E-state index is 12.1. The molecule has 1 heterocycles. The van der Waals surface area contributed by atoms with Crippen molar-refractivity contribution in [2.45, 2.75) is 26.4 Å². The van der Waals surface area contributed by atoms with E-state index in [1.165, 1.54) is 7.11 Å². The van der Waals surface area contributed by atoms with Gasteiger partial charge in [-0.2, -0.15) is 11.3 Å². The molecule has 0 spiro atoms. The predicted molar refractivity (Wildman–Crippen MR) is 74.8 cm³/mol. The van der Waals surface area contributed by atoms with Crippen LogP contribution < -0.4 is 10.6 Å². The molecule has 19 heavy (non-hydrogen) atoms. The van der Waals surface area contributed by atoms with E-state index >= 15 is 0 Å². The minimum Gasteiger partial charge on any atom is -0.375 e. The lowest BCUT2D eigenvalue weighted by Crippen LogP contribution is -2.50. The van der Waals surface area contributed by atoms with Crippen molar-refractivity contribution < 1.29 is 14.3 Å². The van der Waals surface area contributed by atoms with Gasteiger partial charge in [0.05, 0.1) is 0 Å². The van der Waals surface area contributed by atoms with Crippen molar-refractivity contribution in [1.29, 1.82) is 0 Å². The van der Waals surface area contributed by atoms with Gasteiger partial charge in [0.1, 0.15) is 12.6 Å². The molecule has 2 N–H and O–H groups in total. The number of nitrogens with one attached hydrogen (secondary N) is 2. The summed E-state index contributed by atoms with van der Waals surface area (Å²) in [4.78, 5) is 23.5. The van der Waals surface area contributed by atoms with E-state index in [1.807, 2.05) is 30.7 Å². The Hall–Kier alpha value is -1.40. The normalized spacial score (nSPS) is 12.2. The molecular weight excluding hydrogens is 264 g/mol. The van der Waals surface area contributed by atoms with Gasteiger partial charge in [0, 0.05) is 13.7 Å². The lowest BCUT2D eigenvalue weighted by Gasteiger charge is -2.21. The van der Waals surface area contributed by atoms with Crippen LogP contribution in [0.1, 0.15) is 19.4 Å². The summed E-state index contributed by atoms with van der Waals surface area (Å²) in [6.45, 7) is 4.22. The van der Waals surface area contributed by atoms with Crippen LogP contribution in [0.4, 0.5) is 0 Å². The van der Waals surface area contributed by atoms with Gasteiger partial charge in [0.2, 0.25) is 11.8 Å². The molecule has 1 aromatic heterocycles. The maximum atomic E-state index is 12.1. The van der Waals surface area contributed by atoms with Crippen LogP contribution in [0.15, 0.2) is 16.8 Å². The number of amides is 2. The molecule has 1 atom stereocenters. The number of hydrogen-bond donors (Lipinski definition) is 2. The smallest absolute Gasteiger partial charge is 0.246 e. The highest BCUT2D eigenvalue weighted by molar-refractivity contribution is 7.07. The largest absolute Gasteiger partial charge is 0.375 e. The molecule has 0 aliphatic rings. The maximum Gasteiger partial charge on any atom is 0.246 e. The summed E-state index contributed by atoms with van der Waals surface area (Å²) in [7, 11) is 1.45. The van der Waals surface area contributed by atoms with Gasteiger partial charge in [-0.05, 0) is 28.3 Å². The van der Waals surface area contributed by atoms with Crippen LogP contribution in [-0.4, -0.2) is 31.6 Å². The molecule has 5 nitrogen and oxygen atoms in total. The Balaban J connectivity index is 2.50. The highest BCUT2D eigenvalue weighted by Gasteiger charge is 2.23. The van der Waals surface area contributed by atoms with E-state index < -0.39 is 6.04 Å².